The Morgan fingerprint density at radius 3 is 2.10 bits per heavy atom. The number of rotatable bonds is 3. The molecular weight excluding hydrogens is 297 g/mol. The van der Waals surface area contributed by atoms with Crippen LogP contribution in [0.2, 0.25) is 0 Å². The fourth-order valence-corrected chi connectivity index (χ4v) is 2.03. The first-order valence-electron chi connectivity index (χ1n) is 5.49. The van der Waals surface area contributed by atoms with Crippen molar-refractivity contribution in [3.05, 3.63) is 29.3 Å². The molecule has 1 aromatic rings. The van der Waals surface area contributed by atoms with E-state index in [2.05, 4.69) is 4.18 Å². The summed E-state index contributed by atoms with van der Waals surface area (Å²) in [5.74, 6) is -0.634. The molecule has 8 heteroatoms. The molecule has 0 heterocycles. The molecule has 20 heavy (non-hydrogen) atoms. The average Bonchev–Trinajstić information content (AvgIpc) is 2.25. The van der Waals surface area contributed by atoms with Crippen LogP contribution >= 0.6 is 0 Å². The third kappa shape index (κ3) is 3.30. The number of hydrogen-bond acceptors (Lipinski definition) is 4. The predicted molar refractivity (Wildman–Crippen MR) is 66.1 cm³/mol. The maximum atomic E-state index is 12.3. The van der Waals surface area contributed by atoms with E-state index in [1.807, 2.05) is 0 Å². The number of benzene rings is 1. The molecule has 0 saturated heterocycles. The van der Waals surface area contributed by atoms with Crippen LogP contribution in [0.15, 0.2) is 18.2 Å². The fraction of sp³-hybridized carbons (Fsp3) is 0.417. The van der Waals surface area contributed by atoms with Crippen molar-refractivity contribution in [3.8, 4) is 5.75 Å². The zero-order chi connectivity index (χ0) is 15.8. The first-order chi connectivity index (χ1) is 8.90. The molecule has 0 unspecified atom stereocenters. The van der Waals surface area contributed by atoms with E-state index in [4.69, 9.17) is 0 Å². The Bertz CT molecular complexity index is 613. The maximum absolute atomic E-state index is 12.3. The second-order valence-corrected chi connectivity index (χ2v) is 6.61. The molecule has 0 bridgehead atoms. The molecule has 0 aliphatic carbocycles. The number of alkyl halides is 3. The predicted octanol–water partition coefficient (Wildman–Crippen LogP) is 3.03. The van der Waals surface area contributed by atoms with Gasteiger partial charge < -0.3 is 4.18 Å². The lowest BCUT2D eigenvalue weighted by molar-refractivity contribution is -0.0500. The van der Waals surface area contributed by atoms with Gasteiger partial charge in [-0.15, -0.1) is 0 Å². The molecular formula is C12H13F3O4S. The molecule has 4 nitrogen and oxygen atoms in total. The number of hydrogen-bond donors (Lipinski definition) is 0. The lowest BCUT2D eigenvalue weighted by Gasteiger charge is -2.22. The van der Waals surface area contributed by atoms with Gasteiger partial charge >= 0.3 is 15.6 Å². The Balaban J connectivity index is 3.39. The molecule has 0 spiro atoms. The summed E-state index contributed by atoms with van der Waals surface area (Å²) in [6.07, 6.45) is 0.280. The van der Waals surface area contributed by atoms with Crippen molar-refractivity contribution >= 4 is 16.4 Å². The molecule has 112 valence electrons. The Kier molecular flexibility index (Phi) is 4.19. The van der Waals surface area contributed by atoms with Crippen LogP contribution in [0.1, 0.15) is 36.7 Å². The molecule has 0 radical (unpaired) electrons. The van der Waals surface area contributed by atoms with Gasteiger partial charge in [-0.25, -0.2) is 0 Å². The van der Waals surface area contributed by atoms with Gasteiger partial charge in [0.15, 0.2) is 12.0 Å². The van der Waals surface area contributed by atoms with Gasteiger partial charge in [-0.1, -0.05) is 32.9 Å². The van der Waals surface area contributed by atoms with E-state index in [9.17, 15) is 26.4 Å². The minimum absolute atomic E-state index is 0.215. The first-order valence-corrected chi connectivity index (χ1v) is 6.90. The van der Waals surface area contributed by atoms with Gasteiger partial charge in [0.1, 0.15) is 0 Å². The number of carbonyl (C=O) groups excluding carboxylic acids is 1. The zero-order valence-electron chi connectivity index (χ0n) is 11.0. The Labute approximate surface area is 114 Å². The summed E-state index contributed by atoms with van der Waals surface area (Å²) in [6, 6.07) is 3.86. The maximum Gasteiger partial charge on any atom is 0.534 e. The van der Waals surface area contributed by atoms with Gasteiger partial charge in [-0.2, -0.15) is 21.6 Å². The summed E-state index contributed by atoms with van der Waals surface area (Å²) in [7, 11) is -5.80. The summed E-state index contributed by atoms with van der Waals surface area (Å²) >= 11 is 0. The Hall–Kier alpha value is -1.57. The summed E-state index contributed by atoms with van der Waals surface area (Å²) in [6.45, 7) is 5.20. The van der Waals surface area contributed by atoms with Crippen LogP contribution < -0.4 is 4.18 Å². The molecule has 0 aliphatic rings. The quantitative estimate of drug-likeness (QED) is 0.489. The smallest absolute Gasteiger partial charge is 0.375 e. The van der Waals surface area contributed by atoms with Crippen LogP contribution in [0.3, 0.4) is 0 Å². The van der Waals surface area contributed by atoms with E-state index < -0.39 is 26.8 Å². The summed E-state index contributed by atoms with van der Waals surface area (Å²) in [4.78, 5) is 11.1. The van der Waals surface area contributed by atoms with Crippen molar-refractivity contribution in [1.82, 2.24) is 0 Å². The molecule has 0 atom stereocenters. The zero-order valence-corrected chi connectivity index (χ0v) is 11.8. The van der Waals surface area contributed by atoms with Gasteiger partial charge in [0.2, 0.25) is 0 Å². The minimum atomic E-state index is -5.80. The number of halogens is 3. The standard InChI is InChI=1S/C12H13F3O4S/c1-11(2,3)9-5-4-6-10(8(9)7-16)19-20(17,18)12(13,14)15/h4-7H,1-3H3. The third-order valence-electron chi connectivity index (χ3n) is 2.47. The van der Waals surface area contributed by atoms with Crippen molar-refractivity contribution in [1.29, 1.82) is 0 Å². The van der Waals surface area contributed by atoms with E-state index in [1.165, 1.54) is 12.1 Å². The highest BCUT2D eigenvalue weighted by Crippen LogP contribution is 2.33. The topological polar surface area (TPSA) is 60.4 Å². The highest BCUT2D eigenvalue weighted by atomic mass is 32.2. The first kappa shape index (κ1) is 16.5. The van der Waals surface area contributed by atoms with Crippen molar-refractivity contribution in [3.63, 3.8) is 0 Å². The SMILES string of the molecule is CC(C)(C)c1cccc(OS(=O)(=O)C(F)(F)F)c1C=O. The fourth-order valence-electron chi connectivity index (χ4n) is 1.56. The van der Waals surface area contributed by atoms with Gasteiger partial charge in [-0.05, 0) is 17.0 Å². The second-order valence-electron chi connectivity index (χ2n) is 5.07. The average molecular weight is 310 g/mol. The number of carbonyl (C=O) groups is 1. The van der Waals surface area contributed by atoms with Crippen molar-refractivity contribution in [2.24, 2.45) is 0 Å². The second kappa shape index (κ2) is 5.08. The Morgan fingerprint density at radius 2 is 1.70 bits per heavy atom. The van der Waals surface area contributed by atoms with E-state index in [0.29, 0.717) is 5.56 Å². The van der Waals surface area contributed by atoms with Gasteiger partial charge in [0.25, 0.3) is 0 Å². The highest BCUT2D eigenvalue weighted by Gasteiger charge is 2.49. The monoisotopic (exact) mass is 310 g/mol. The third-order valence-corrected chi connectivity index (χ3v) is 3.44. The minimum Gasteiger partial charge on any atom is -0.375 e. The van der Waals surface area contributed by atoms with Gasteiger partial charge in [-0.3, -0.25) is 4.79 Å². The lowest BCUT2D eigenvalue weighted by atomic mass is 9.84. The van der Waals surface area contributed by atoms with E-state index in [-0.39, 0.29) is 11.8 Å². The van der Waals surface area contributed by atoms with Crippen LogP contribution in [0.5, 0.6) is 5.75 Å². The highest BCUT2D eigenvalue weighted by molar-refractivity contribution is 7.88. The van der Waals surface area contributed by atoms with Crippen molar-refractivity contribution < 1.29 is 30.6 Å². The molecule has 1 aromatic carbocycles. The summed E-state index contributed by atoms with van der Waals surface area (Å²) in [5, 5.41) is 0. The molecule has 0 fully saturated rings. The molecule has 0 amide bonds. The molecule has 1 rings (SSSR count). The van der Waals surface area contributed by atoms with E-state index >= 15 is 0 Å². The Morgan fingerprint density at radius 1 is 1.15 bits per heavy atom. The van der Waals surface area contributed by atoms with Gasteiger partial charge in [0.05, 0.1) is 5.56 Å². The number of aldehydes is 1. The van der Waals surface area contributed by atoms with Crippen LogP contribution in [0.25, 0.3) is 0 Å². The summed E-state index contributed by atoms with van der Waals surface area (Å²) < 4.78 is 62.9. The lowest BCUT2D eigenvalue weighted by Crippen LogP contribution is -2.28. The van der Waals surface area contributed by atoms with Crippen LogP contribution in [-0.2, 0) is 15.5 Å². The van der Waals surface area contributed by atoms with Gasteiger partial charge in [0, 0.05) is 0 Å². The molecule has 0 N–H and O–H groups in total. The molecule has 0 aromatic heterocycles. The van der Waals surface area contributed by atoms with E-state index in [0.717, 1.165) is 6.07 Å². The normalized spacial score (nSPS) is 13.1. The van der Waals surface area contributed by atoms with Crippen molar-refractivity contribution in [2.75, 3.05) is 0 Å². The van der Waals surface area contributed by atoms with Crippen molar-refractivity contribution in [2.45, 2.75) is 31.7 Å². The molecule has 0 aliphatic heterocycles. The molecule has 0 saturated carbocycles. The van der Waals surface area contributed by atoms with E-state index in [1.54, 1.807) is 20.8 Å². The summed E-state index contributed by atoms with van der Waals surface area (Å²) in [5.41, 5.74) is -5.93. The van der Waals surface area contributed by atoms with Crippen LogP contribution in [0, 0.1) is 0 Å². The van der Waals surface area contributed by atoms with Crippen LogP contribution in [0.4, 0.5) is 13.2 Å². The largest absolute Gasteiger partial charge is 0.534 e. The van der Waals surface area contributed by atoms with Crippen LogP contribution in [-0.4, -0.2) is 20.2 Å².